The number of fused-ring (bicyclic) bond motifs is 1. The number of pyridine rings is 1. The average Bonchev–Trinajstić information content (AvgIpc) is 2.72. The first-order chi connectivity index (χ1) is 14.8. The molecule has 2 N–H and O–H groups in total. The van der Waals surface area contributed by atoms with Crippen LogP contribution in [0.5, 0.6) is 0 Å². The van der Waals surface area contributed by atoms with Gasteiger partial charge in [0.25, 0.3) is 0 Å². The van der Waals surface area contributed by atoms with Crippen LogP contribution in [0.4, 0.5) is 16.3 Å². The van der Waals surface area contributed by atoms with Crippen LogP contribution in [-0.4, -0.2) is 29.0 Å². The third kappa shape index (κ3) is 7.47. The molecule has 3 rings (SSSR count). The number of amides is 1. The number of thiol groups is 1. The van der Waals surface area contributed by atoms with Crippen molar-refractivity contribution in [3.8, 4) is 11.1 Å². The van der Waals surface area contributed by atoms with Crippen molar-refractivity contribution in [2.75, 3.05) is 22.9 Å². The molecule has 2 aromatic carbocycles. The minimum absolute atomic E-state index is 0.460. The van der Waals surface area contributed by atoms with Crippen molar-refractivity contribution in [2.24, 2.45) is 0 Å². The van der Waals surface area contributed by atoms with Crippen molar-refractivity contribution in [2.45, 2.75) is 46.6 Å². The molecule has 0 atom stereocenters. The summed E-state index contributed by atoms with van der Waals surface area (Å²) in [6.45, 7) is 10.6. The monoisotopic (exact) mass is 439 g/mol. The second kappa shape index (κ2) is 11.6. The predicted octanol–water partition coefficient (Wildman–Crippen LogP) is 7.01. The van der Waals surface area contributed by atoms with E-state index in [1.165, 1.54) is 0 Å². The number of nitrogens with zero attached hydrogens (tertiary/aromatic N) is 1. The Kier molecular flexibility index (Phi) is 9.19. The van der Waals surface area contributed by atoms with E-state index < -0.39 is 11.7 Å². The maximum absolute atomic E-state index is 12.2. The van der Waals surface area contributed by atoms with Crippen LogP contribution in [0.15, 0.2) is 54.7 Å². The van der Waals surface area contributed by atoms with Crippen molar-refractivity contribution in [1.82, 2.24) is 4.98 Å². The van der Waals surface area contributed by atoms with Gasteiger partial charge in [0.15, 0.2) is 0 Å². The number of anilines is 2. The highest BCUT2D eigenvalue weighted by Gasteiger charge is 2.17. The molecule has 5 nitrogen and oxygen atoms in total. The molecule has 0 unspecified atom stereocenters. The van der Waals surface area contributed by atoms with E-state index >= 15 is 0 Å². The van der Waals surface area contributed by atoms with E-state index in [9.17, 15) is 4.79 Å². The van der Waals surface area contributed by atoms with Crippen LogP contribution in [0, 0.1) is 0 Å². The molecule has 1 aromatic heterocycles. The third-order valence-corrected chi connectivity index (χ3v) is 4.19. The molecule has 0 aliphatic heterocycles. The number of ether oxygens (including phenoxy) is 1. The van der Waals surface area contributed by atoms with Crippen LogP contribution in [0.3, 0.4) is 0 Å². The van der Waals surface area contributed by atoms with Gasteiger partial charge in [-0.25, -0.2) is 9.78 Å². The van der Waals surface area contributed by atoms with E-state index in [4.69, 9.17) is 4.74 Å². The van der Waals surface area contributed by atoms with E-state index in [1.54, 1.807) is 0 Å². The van der Waals surface area contributed by atoms with Crippen LogP contribution in [-0.2, 0) is 4.74 Å². The van der Waals surface area contributed by atoms with Crippen LogP contribution >= 0.6 is 12.6 Å². The van der Waals surface area contributed by atoms with Gasteiger partial charge in [0.2, 0.25) is 0 Å². The van der Waals surface area contributed by atoms with Crippen molar-refractivity contribution in [3.05, 3.63) is 54.7 Å². The van der Waals surface area contributed by atoms with Gasteiger partial charge in [0.05, 0.1) is 5.69 Å². The number of carbonyl (C=O) groups is 1. The molecule has 3 aromatic rings. The Hall–Kier alpha value is -2.73. The van der Waals surface area contributed by atoms with E-state index in [1.807, 2.05) is 76.4 Å². The summed E-state index contributed by atoms with van der Waals surface area (Å²) in [5, 5.41) is 8.16. The van der Waals surface area contributed by atoms with Crippen molar-refractivity contribution >= 4 is 41.0 Å². The van der Waals surface area contributed by atoms with E-state index in [-0.39, 0.29) is 0 Å². The van der Waals surface area contributed by atoms with Crippen LogP contribution in [0.2, 0.25) is 0 Å². The van der Waals surface area contributed by atoms with Gasteiger partial charge in [-0.1, -0.05) is 44.2 Å². The Balaban J connectivity index is 0.00000107. The topological polar surface area (TPSA) is 63.2 Å². The number of carbonyl (C=O) groups excluding carboxylic acids is 1. The molecule has 166 valence electrons. The Morgan fingerprint density at radius 1 is 1.03 bits per heavy atom. The molecular weight excluding hydrogens is 406 g/mol. The zero-order chi connectivity index (χ0) is 22.9. The first-order valence-corrected chi connectivity index (χ1v) is 11.2. The summed E-state index contributed by atoms with van der Waals surface area (Å²) in [6, 6.07) is 16.0. The van der Waals surface area contributed by atoms with Crippen LogP contribution < -0.4 is 10.6 Å². The molecule has 1 amide bonds. The molecular formula is C25H33N3O2S. The van der Waals surface area contributed by atoms with Gasteiger partial charge in [-0.15, -0.1) is 0 Å². The van der Waals surface area contributed by atoms with Crippen LogP contribution in [0.25, 0.3) is 21.9 Å². The van der Waals surface area contributed by atoms with Crippen molar-refractivity contribution in [3.63, 3.8) is 0 Å². The van der Waals surface area contributed by atoms with Crippen molar-refractivity contribution in [1.29, 1.82) is 0 Å². The molecule has 0 saturated heterocycles. The highest BCUT2D eigenvalue weighted by molar-refractivity contribution is 7.80. The zero-order valence-corrected chi connectivity index (χ0v) is 19.9. The largest absolute Gasteiger partial charge is 0.444 e. The molecule has 0 aliphatic carbocycles. The molecule has 6 heteroatoms. The normalized spacial score (nSPS) is 10.8. The summed E-state index contributed by atoms with van der Waals surface area (Å²) in [5.74, 6) is 1.82. The smallest absolute Gasteiger partial charge is 0.412 e. The number of nitrogens with one attached hydrogen (secondary N) is 2. The quantitative estimate of drug-likeness (QED) is 0.374. The van der Waals surface area contributed by atoms with E-state index in [0.717, 1.165) is 52.1 Å². The Morgan fingerprint density at radius 2 is 1.71 bits per heavy atom. The number of aromatic nitrogens is 1. The number of benzene rings is 2. The summed E-state index contributed by atoms with van der Waals surface area (Å²) in [5.41, 5.74) is 2.28. The van der Waals surface area contributed by atoms with Gasteiger partial charge in [-0.2, -0.15) is 12.6 Å². The molecule has 0 fully saturated rings. The maximum Gasteiger partial charge on any atom is 0.412 e. The molecule has 0 spiro atoms. The number of hydrogen-bond acceptors (Lipinski definition) is 5. The maximum atomic E-state index is 12.2. The molecule has 1 heterocycles. The predicted molar refractivity (Wildman–Crippen MR) is 135 cm³/mol. The Labute approximate surface area is 191 Å². The van der Waals surface area contributed by atoms with Gasteiger partial charge < -0.3 is 10.1 Å². The van der Waals surface area contributed by atoms with Gasteiger partial charge in [-0.05, 0) is 62.1 Å². The van der Waals surface area contributed by atoms with Gasteiger partial charge >= 0.3 is 6.09 Å². The van der Waals surface area contributed by atoms with E-state index in [2.05, 4.69) is 41.2 Å². The van der Waals surface area contributed by atoms with Gasteiger partial charge in [0, 0.05) is 23.7 Å². The SMILES string of the molecule is CCCNc1ccc(-c2ccc(NC(=O)OC(C)(C)C)c3ccccc23)cn1.CCS. The highest BCUT2D eigenvalue weighted by atomic mass is 32.1. The molecule has 0 aliphatic rings. The first-order valence-electron chi connectivity index (χ1n) is 10.6. The first kappa shape index (κ1) is 24.5. The fourth-order valence-electron chi connectivity index (χ4n) is 2.98. The lowest BCUT2D eigenvalue weighted by Crippen LogP contribution is -2.27. The second-order valence-electron chi connectivity index (χ2n) is 8.01. The number of rotatable bonds is 5. The minimum Gasteiger partial charge on any atom is -0.444 e. The summed E-state index contributed by atoms with van der Waals surface area (Å²) in [7, 11) is 0. The third-order valence-electron chi connectivity index (χ3n) is 4.19. The molecule has 0 radical (unpaired) electrons. The average molecular weight is 440 g/mol. The van der Waals surface area contributed by atoms with Gasteiger partial charge in [-0.3, -0.25) is 5.32 Å². The molecule has 0 saturated carbocycles. The van der Waals surface area contributed by atoms with E-state index in [0.29, 0.717) is 0 Å². The number of hydrogen-bond donors (Lipinski definition) is 3. The summed E-state index contributed by atoms with van der Waals surface area (Å²) in [4.78, 5) is 16.7. The highest BCUT2D eigenvalue weighted by Crippen LogP contribution is 2.33. The fourth-order valence-corrected chi connectivity index (χ4v) is 2.98. The summed E-state index contributed by atoms with van der Waals surface area (Å²) < 4.78 is 5.38. The van der Waals surface area contributed by atoms with Gasteiger partial charge in [0.1, 0.15) is 11.4 Å². The molecule has 0 bridgehead atoms. The lowest BCUT2D eigenvalue weighted by Gasteiger charge is -2.20. The Bertz CT molecular complexity index is 982. The van der Waals surface area contributed by atoms with Crippen molar-refractivity contribution < 1.29 is 9.53 Å². The summed E-state index contributed by atoms with van der Waals surface area (Å²) >= 11 is 3.79. The zero-order valence-electron chi connectivity index (χ0n) is 19.0. The Morgan fingerprint density at radius 3 is 2.29 bits per heavy atom. The molecule has 31 heavy (non-hydrogen) atoms. The second-order valence-corrected chi connectivity index (χ2v) is 8.64. The fraction of sp³-hybridized carbons (Fsp3) is 0.360. The standard InChI is InChI=1S/C23H27N3O2.C2H6S/c1-5-14-24-21-13-10-16(15-25-21)17-11-12-20(19-9-7-6-8-18(17)19)26-22(27)28-23(2,3)4;1-2-3/h6-13,15H,5,14H2,1-4H3,(H,24,25)(H,26,27);3H,2H2,1H3. The van der Waals surface area contributed by atoms with Crippen LogP contribution in [0.1, 0.15) is 41.0 Å². The summed E-state index contributed by atoms with van der Waals surface area (Å²) in [6.07, 6.45) is 2.47. The lowest BCUT2D eigenvalue weighted by molar-refractivity contribution is 0.0636. The lowest BCUT2D eigenvalue weighted by atomic mass is 9.98. The minimum atomic E-state index is -0.543.